The molecule has 0 saturated carbocycles. The zero-order chi connectivity index (χ0) is 15.1. The molecule has 0 amide bonds. The molecule has 1 N–H and O–H groups in total. The molecule has 3 unspecified atom stereocenters. The molecule has 1 aromatic carbocycles. The Hall–Kier alpha value is -0.860. The van der Waals surface area contributed by atoms with E-state index < -0.39 is 0 Å². The number of benzene rings is 1. The van der Waals surface area contributed by atoms with E-state index in [4.69, 9.17) is 4.74 Å². The standard InChI is InChI=1S/C19H31NO/c1-4-13-20-18(19(5-2)21-3)14-16-11-8-10-15-9-6-7-12-17(15)16/h6-7,9,12,16,18-20H,4-5,8,10-11,13-14H2,1-3H3. The van der Waals surface area contributed by atoms with Crippen molar-refractivity contribution in [1.29, 1.82) is 0 Å². The number of methoxy groups -OCH3 is 1. The number of rotatable bonds is 8. The molecule has 0 aliphatic heterocycles. The summed E-state index contributed by atoms with van der Waals surface area (Å²) in [7, 11) is 1.85. The molecule has 0 aromatic heterocycles. The van der Waals surface area contributed by atoms with Crippen LogP contribution in [0.4, 0.5) is 0 Å². The number of ether oxygens (including phenoxy) is 1. The van der Waals surface area contributed by atoms with Gasteiger partial charge in [-0.3, -0.25) is 0 Å². The average Bonchev–Trinajstić information content (AvgIpc) is 2.53. The van der Waals surface area contributed by atoms with Crippen molar-refractivity contribution in [2.45, 2.75) is 70.4 Å². The average molecular weight is 289 g/mol. The first-order valence-corrected chi connectivity index (χ1v) is 8.64. The van der Waals surface area contributed by atoms with Crippen molar-refractivity contribution in [3.63, 3.8) is 0 Å². The predicted molar refractivity (Wildman–Crippen MR) is 89.9 cm³/mol. The van der Waals surface area contributed by atoms with Crippen molar-refractivity contribution in [2.75, 3.05) is 13.7 Å². The largest absolute Gasteiger partial charge is 0.380 e. The van der Waals surface area contributed by atoms with E-state index in [1.165, 1.54) is 32.1 Å². The van der Waals surface area contributed by atoms with Crippen molar-refractivity contribution < 1.29 is 4.74 Å². The predicted octanol–water partition coefficient (Wildman–Crippen LogP) is 4.29. The molecule has 0 saturated heterocycles. The van der Waals surface area contributed by atoms with Crippen LogP contribution in [0.25, 0.3) is 0 Å². The minimum absolute atomic E-state index is 0.325. The molecule has 21 heavy (non-hydrogen) atoms. The van der Waals surface area contributed by atoms with Gasteiger partial charge in [0.25, 0.3) is 0 Å². The Balaban J connectivity index is 2.09. The maximum absolute atomic E-state index is 5.73. The number of hydrogen-bond acceptors (Lipinski definition) is 2. The zero-order valence-electron chi connectivity index (χ0n) is 13.9. The summed E-state index contributed by atoms with van der Waals surface area (Å²) in [5.41, 5.74) is 3.14. The van der Waals surface area contributed by atoms with Crippen LogP contribution >= 0.6 is 0 Å². The lowest BCUT2D eigenvalue weighted by Crippen LogP contribution is -2.42. The second-order valence-electron chi connectivity index (χ2n) is 6.27. The fourth-order valence-electron chi connectivity index (χ4n) is 3.72. The van der Waals surface area contributed by atoms with Gasteiger partial charge in [0.15, 0.2) is 0 Å². The van der Waals surface area contributed by atoms with Crippen LogP contribution in [0.5, 0.6) is 0 Å². The van der Waals surface area contributed by atoms with E-state index in [9.17, 15) is 0 Å². The van der Waals surface area contributed by atoms with E-state index >= 15 is 0 Å². The summed E-state index contributed by atoms with van der Waals surface area (Å²) >= 11 is 0. The fraction of sp³-hybridized carbons (Fsp3) is 0.684. The smallest absolute Gasteiger partial charge is 0.0721 e. The maximum atomic E-state index is 5.73. The molecule has 0 fully saturated rings. The van der Waals surface area contributed by atoms with Gasteiger partial charge in [0.05, 0.1) is 6.10 Å². The van der Waals surface area contributed by atoms with Crippen molar-refractivity contribution >= 4 is 0 Å². The minimum atomic E-state index is 0.325. The lowest BCUT2D eigenvalue weighted by Gasteiger charge is -2.33. The third-order valence-electron chi connectivity index (χ3n) is 4.84. The molecule has 1 aliphatic rings. The highest BCUT2D eigenvalue weighted by Gasteiger charge is 2.27. The first-order valence-electron chi connectivity index (χ1n) is 8.64. The fourth-order valence-corrected chi connectivity index (χ4v) is 3.72. The Morgan fingerprint density at radius 1 is 1.29 bits per heavy atom. The van der Waals surface area contributed by atoms with Gasteiger partial charge >= 0.3 is 0 Å². The van der Waals surface area contributed by atoms with Crippen LogP contribution in [0.15, 0.2) is 24.3 Å². The summed E-state index contributed by atoms with van der Waals surface area (Å²) < 4.78 is 5.73. The number of aryl methyl sites for hydroxylation is 1. The highest BCUT2D eigenvalue weighted by Crippen LogP contribution is 2.35. The summed E-state index contributed by atoms with van der Waals surface area (Å²) in [6, 6.07) is 9.49. The molecular formula is C19H31NO. The molecular weight excluding hydrogens is 258 g/mol. The van der Waals surface area contributed by atoms with Crippen molar-refractivity contribution in [1.82, 2.24) is 5.32 Å². The molecule has 0 radical (unpaired) electrons. The highest BCUT2D eigenvalue weighted by atomic mass is 16.5. The van der Waals surface area contributed by atoms with Crippen LogP contribution in [0.3, 0.4) is 0 Å². The Morgan fingerprint density at radius 2 is 2.10 bits per heavy atom. The second-order valence-corrected chi connectivity index (χ2v) is 6.27. The number of nitrogens with one attached hydrogen (secondary N) is 1. The molecule has 0 bridgehead atoms. The second kappa shape index (κ2) is 8.55. The van der Waals surface area contributed by atoms with Crippen LogP contribution in [-0.4, -0.2) is 25.8 Å². The van der Waals surface area contributed by atoms with Gasteiger partial charge < -0.3 is 10.1 Å². The van der Waals surface area contributed by atoms with E-state index in [1.807, 2.05) is 7.11 Å². The van der Waals surface area contributed by atoms with Crippen molar-refractivity contribution in [3.05, 3.63) is 35.4 Å². The van der Waals surface area contributed by atoms with Crippen molar-refractivity contribution in [2.24, 2.45) is 0 Å². The van der Waals surface area contributed by atoms with Gasteiger partial charge in [-0.05, 0) is 62.1 Å². The van der Waals surface area contributed by atoms with Gasteiger partial charge in [-0.2, -0.15) is 0 Å². The summed E-state index contributed by atoms with van der Waals surface area (Å²) in [6.07, 6.45) is 7.67. The lowest BCUT2D eigenvalue weighted by atomic mass is 9.78. The van der Waals surface area contributed by atoms with Crippen LogP contribution < -0.4 is 5.32 Å². The summed E-state index contributed by atoms with van der Waals surface area (Å²) in [4.78, 5) is 0. The van der Waals surface area contributed by atoms with Gasteiger partial charge in [0, 0.05) is 13.2 Å². The van der Waals surface area contributed by atoms with Gasteiger partial charge in [-0.1, -0.05) is 38.1 Å². The molecule has 2 nitrogen and oxygen atoms in total. The minimum Gasteiger partial charge on any atom is -0.380 e. The Bertz CT molecular complexity index is 414. The van der Waals surface area contributed by atoms with E-state index in [-0.39, 0.29) is 0 Å². The first-order chi connectivity index (χ1) is 10.3. The summed E-state index contributed by atoms with van der Waals surface area (Å²) in [5, 5.41) is 3.72. The first kappa shape index (κ1) is 16.5. The van der Waals surface area contributed by atoms with Gasteiger partial charge in [0.2, 0.25) is 0 Å². The Kier molecular flexibility index (Phi) is 6.72. The topological polar surface area (TPSA) is 21.3 Å². The maximum Gasteiger partial charge on any atom is 0.0721 e. The molecule has 1 aromatic rings. The van der Waals surface area contributed by atoms with Crippen LogP contribution in [0, 0.1) is 0 Å². The normalized spacial score (nSPS) is 20.8. The molecule has 2 rings (SSSR count). The number of hydrogen-bond donors (Lipinski definition) is 1. The number of fused-ring (bicyclic) bond motifs is 1. The third-order valence-corrected chi connectivity index (χ3v) is 4.84. The van der Waals surface area contributed by atoms with E-state index in [2.05, 4.69) is 43.4 Å². The van der Waals surface area contributed by atoms with Crippen LogP contribution in [0.1, 0.15) is 63.0 Å². The monoisotopic (exact) mass is 289 g/mol. The molecule has 0 spiro atoms. The Labute approximate surface area is 130 Å². The third kappa shape index (κ3) is 4.31. The van der Waals surface area contributed by atoms with Gasteiger partial charge in [-0.25, -0.2) is 0 Å². The van der Waals surface area contributed by atoms with Crippen LogP contribution in [-0.2, 0) is 11.2 Å². The molecule has 118 valence electrons. The quantitative estimate of drug-likeness (QED) is 0.771. The molecule has 3 atom stereocenters. The lowest BCUT2D eigenvalue weighted by molar-refractivity contribution is 0.0594. The van der Waals surface area contributed by atoms with Crippen molar-refractivity contribution in [3.8, 4) is 0 Å². The van der Waals surface area contributed by atoms with E-state index in [1.54, 1.807) is 11.1 Å². The van der Waals surface area contributed by atoms with E-state index in [0.717, 1.165) is 13.0 Å². The summed E-state index contributed by atoms with van der Waals surface area (Å²) in [5.74, 6) is 0.688. The SMILES string of the molecule is CCCNC(CC1CCCc2ccccc21)C(CC)OC. The molecule has 0 heterocycles. The van der Waals surface area contributed by atoms with Crippen LogP contribution in [0.2, 0.25) is 0 Å². The zero-order valence-corrected chi connectivity index (χ0v) is 13.9. The molecule has 2 heteroatoms. The highest BCUT2D eigenvalue weighted by molar-refractivity contribution is 5.32. The summed E-state index contributed by atoms with van der Waals surface area (Å²) in [6.45, 7) is 5.54. The molecule has 1 aliphatic carbocycles. The Morgan fingerprint density at radius 3 is 2.81 bits per heavy atom. The van der Waals surface area contributed by atoms with E-state index in [0.29, 0.717) is 18.1 Å². The van der Waals surface area contributed by atoms with Gasteiger partial charge in [0.1, 0.15) is 0 Å². The van der Waals surface area contributed by atoms with Gasteiger partial charge in [-0.15, -0.1) is 0 Å².